The van der Waals surface area contributed by atoms with E-state index in [0.717, 1.165) is 26.2 Å². The number of rotatable bonds is 3. The Morgan fingerprint density at radius 1 is 1.44 bits per heavy atom. The molecule has 1 aromatic rings. The van der Waals surface area contributed by atoms with Gasteiger partial charge >= 0.3 is 0 Å². The molecule has 0 unspecified atom stereocenters. The van der Waals surface area contributed by atoms with Crippen molar-refractivity contribution in [2.24, 2.45) is 0 Å². The van der Waals surface area contributed by atoms with Crippen molar-refractivity contribution in [2.45, 2.75) is 0 Å². The molecule has 7 heteroatoms. The van der Waals surface area contributed by atoms with Crippen LogP contribution in [0.15, 0.2) is 12.1 Å². The minimum atomic E-state index is 0.107. The molecule has 0 aromatic carbocycles. The summed E-state index contributed by atoms with van der Waals surface area (Å²) in [5.41, 5.74) is 0. The summed E-state index contributed by atoms with van der Waals surface area (Å²) < 4.78 is 0. The fraction of sp³-hybridized carbons (Fsp3) is 0.545. The average molecular weight is 270 g/mol. The molecule has 1 fully saturated rings. The molecule has 0 atom stereocenters. The predicted octanol–water partition coefficient (Wildman–Crippen LogP) is -0.00200. The van der Waals surface area contributed by atoms with E-state index in [1.165, 1.54) is 0 Å². The maximum Gasteiger partial charge on any atom is 0.242 e. The number of carbonyl (C=O) groups is 1. The van der Waals surface area contributed by atoms with Crippen LogP contribution in [0.4, 0.5) is 5.82 Å². The summed E-state index contributed by atoms with van der Waals surface area (Å²) in [6, 6.07) is 3.41. The van der Waals surface area contributed by atoms with Crippen molar-refractivity contribution in [3.8, 4) is 0 Å². The molecule has 1 N–H and O–H groups in total. The third kappa shape index (κ3) is 3.30. The van der Waals surface area contributed by atoms with E-state index in [1.807, 2.05) is 11.9 Å². The number of nitrogens with one attached hydrogen (secondary N) is 1. The Kier molecular flexibility index (Phi) is 4.33. The Labute approximate surface area is 111 Å². The molecule has 1 aromatic heterocycles. The van der Waals surface area contributed by atoms with Crippen LogP contribution in [0, 0.1) is 0 Å². The number of piperazine rings is 1. The van der Waals surface area contributed by atoms with Crippen LogP contribution in [0.2, 0.25) is 5.15 Å². The average Bonchev–Trinajstić information content (AvgIpc) is 2.40. The van der Waals surface area contributed by atoms with Gasteiger partial charge in [0, 0.05) is 33.2 Å². The van der Waals surface area contributed by atoms with Gasteiger partial charge in [-0.3, -0.25) is 4.79 Å². The van der Waals surface area contributed by atoms with Crippen molar-refractivity contribution in [1.29, 1.82) is 0 Å². The first-order valence-electron chi connectivity index (χ1n) is 5.85. The van der Waals surface area contributed by atoms with Gasteiger partial charge in [0.2, 0.25) is 5.91 Å². The molecule has 0 bridgehead atoms. The van der Waals surface area contributed by atoms with Gasteiger partial charge in [-0.2, -0.15) is 0 Å². The van der Waals surface area contributed by atoms with E-state index in [0.29, 0.717) is 17.5 Å². The lowest BCUT2D eigenvalue weighted by Crippen LogP contribution is -2.49. The Morgan fingerprint density at radius 3 is 2.78 bits per heavy atom. The maximum absolute atomic E-state index is 12.0. The smallest absolute Gasteiger partial charge is 0.242 e. The largest absolute Gasteiger partial charge is 0.349 e. The van der Waals surface area contributed by atoms with Crippen LogP contribution >= 0.6 is 11.6 Å². The van der Waals surface area contributed by atoms with Gasteiger partial charge in [0.15, 0.2) is 11.0 Å². The fourth-order valence-corrected chi connectivity index (χ4v) is 1.91. The van der Waals surface area contributed by atoms with Gasteiger partial charge in [-0.05, 0) is 12.1 Å². The SMILES string of the molecule is CN(CC(=O)N1CCNCC1)c1ccc(Cl)nn1. The molecule has 2 rings (SSSR count). The number of hydrogen-bond donors (Lipinski definition) is 1. The molecular weight excluding hydrogens is 254 g/mol. The molecular formula is C11H16ClN5O. The van der Waals surface area contributed by atoms with E-state index in [-0.39, 0.29) is 5.91 Å². The molecule has 0 radical (unpaired) electrons. The Balaban J connectivity index is 1.91. The Morgan fingerprint density at radius 2 is 2.17 bits per heavy atom. The van der Waals surface area contributed by atoms with Crippen LogP contribution in [-0.2, 0) is 4.79 Å². The van der Waals surface area contributed by atoms with Crippen LogP contribution in [0.25, 0.3) is 0 Å². The first-order chi connectivity index (χ1) is 8.66. The number of halogens is 1. The fourth-order valence-electron chi connectivity index (χ4n) is 1.81. The Hall–Kier alpha value is -1.40. The van der Waals surface area contributed by atoms with Gasteiger partial charge in [0.25, 0.3) is 0 Å². The van der Waals surface area contributed by atoms with Crippen molar-refractivity contribution >= 4 is 23.3 Å². The molecule has 2 heterocycles. The number of likely N-dealkylation sites (N-methyl/N-ethyl adjacent to an activating group) is 1. The van der Waals surface area contributed by atoms with Gasteiger partial charge in [-0.25, -0.2) is 0 Å². The second-order valence-corrected chi connectivity index (χ2v) is 4.59. The minimum Gasteiger partial charge on any atom is -0.349 e. The molecule has 0 saturated carbocycles. The summed E-state index contributed by atoms with van der Waals surface area (Å²) in [6.45, 7) is 3.54. The van der Waals surface area contributed by atoms with Crippen LogP contribution in [0.1, 0.15) is 0 Å². The summed E-state index contributed by atoms with van der Waals surface area (Å²) in [5, 5.41) is 11.3. The third-order valence-corrected chi connectivity index (χ3v) is 3.05. The van der Waals surface area contributed by atoms with E-state index in [4.69, 9.17) is 11.6 Å². The lowest BCUT2D eigenvalue weighted by atomic mass is 10.3. The highest BCUT2D eigenvalue weighted by Gasteiger charge is 2.18. The van der Waals surface area contributed by atoms with E-state index in [1.54, 1.807) is 17.0 Å². The van der Waals surface area contributed by atoms with Gasteiger partial charge in [-0.1, -0.05) is 11.6 Å². The lowest BCUT2D eigenvalue weighted by molar-refractivity contribution is -0.130. The summed E-state index contributed by atoms with van der Waals surface area (Å²) in [7, 11) is 1.82. The van der Waals surface area contributed by atoms with Gasteiger partial charge < -0.3 is 15.1 Å². The second kappa shape index (κ2) is 5.97. The number of aromatic nitrogens is 2. The predicted molar refractivity (Wildman–Crippen MR) is 69.8 cm³/mol. The molecule has 1 aliphatic heterocycles. The van der Waals surface area contributed by atoms with E-state index < -0.39 is 0 Å². The zero-order valence-corrected chi connectivity index (χ0v) is 11.0. The van der Waals surface area contributed by atoms with E-state index in [9.17, 15) is 4.79 Å². The lowest BCUT2D eigenvalue weighted by Gasteiger charge is -2.29. The molecule has 0 aliphatic carbocycles. The maximum atomic E-state index is 12.0. The molecule has 0 spiro atoms. The van der Waals surface area contributed by atoms with Crippen LogP contribution < -0.4 is 10.2 Å². The molecule has 1 aliphatic rings. The van der Waals surface area contributed by atoms with Crippen molar-refractivity contribution in [3.63, 3.8) is 0 Å². The second-order valence-electron chi connectivity index (χ2n) is 4.20. The number of amides is 1. The van der Waals surface area contributed by atoms with Gasteiger partial charge in [0.1, 0.15) is 0 Å². The topological polar surface area (TPSA) is 61.4 Å². The number of anilines is 1. The summed E-state index contributed by atoms with van der Waals surface area (Å²) in [4.78, 5) is 15.7. The molecule has 1 saturated heterocycles. The highest BCUT2D eigenvalue weighted by atomic mass is 35.5. The van der Waals surface area contributed by atoms with E-state index >= 15 is 0 Å². The number of carbonyl (C=O) groups excluding carboxylic acids is 1. The van der Waals surface area contributed by atoms with Crippen LogP contribution in [0.5, 0.6) is 0 Å². The van der Waals surface area contributed by atoms with Gasteiger partial charge in [-0.15, -0.1) is 10.2 Å². The first-order valence-corrected chi connectivity index (χ1v) is 6.23. The number of nitrogens with zero attached hydrogens (tertiary/aromatic N) is 4. The minimum absolute atomic E-state index is 0.107. The molecule has 6 nitrogen and oxygen atoms in total. The molecule has 1 amide bonds. The molecule has 18 heavy (non-hydrogen) atoms. The summed E-state index contributed by atoms with van der Waals surface area (Å²) >= 11 is 5.67. The third-order valence-electron chi connectivity index (χ3n) is 2.85. The zero-order chi connectivity index (χ0) is 13.0. The van der Waals surface area contributed by atoms with Gasteiger partial charge in [0.05, 0.1) is 6.54 Å². The summed E-state index contributed by atoms with van der Waals surface area (Å²) in [5.74, 6) is 0.749. The zero-order valence-electron chi connectivity index (χ0n) is 10.3. The highest BCUT2D eigenvalue weighted by molar-refractivity contribution is 6.29. The van der Waals surface area contributed by atoms with E-state index in [2.05, 4.69) is 15.5 Å². The van der Waals surface area contributed by atoms with Crippen molar-refractivity contribution in [3.05, 3.63) is 17.3 Å². The summed E-state index contributed by atoms with van der Waals surface area (Å²) in [6.07, 6.45) is 0. The number of hydrogen-bond acceptors (Lipinski definition) is 5. The van der Waals surface area contributed by atoms with Crippen LogP contribution in [0.3, 0.4) is 0 Å². The first kappa shape index (κ1) is 13.0. The highest BCUT2D eigenvalue weighted by Crippen LogP contribution is 2.10. The molecule has 98 valence electrons. The Bertz CT molecular complexity index is 404. The van der Waals surface area contributed by atoms with Crippen molar-refractivity contribution < 1.29 is 4.79 Å². The quantitative estimate of drug-likeness (QED) is 0.837. The van der Waals surface area contributed by atoms with Crippen LogP contribution in [-0.4, -0.2) is 60.8 Å². The monoisotopic (exact) mass is 269 g/mol. The normalized spacial score (nSPS) is 15.6. The van der Waals surface area contributed by atoms with Crippen molar-refractivity contribution in [2.75, 3.05) is 44.7 Å². The van der Waals surface area contributed by atoms with Crippen molar-refractivity contribution in [1.82, 2.24) is 20.4 Å². The standard InChI is InChI=1S/C11H16ClN5O/c1-16(10-3-2-9(12)14-15-10)8-11(18)17-6-4-13-5-7-17/h2-3,13H,4-8H2,1H3.